The third kappa shape index (κ3) is 9.52. The van der Waals surface area contributed by atoms with E-state index in [9.17, 15) is 21.6 Å². The van der Waals surface area contributed by atoms with Crippen LogP contribution in [0, 0.1) is 0 Å². The Kier molecular flexibility index (Phi) is 10.4. The van der Waals surface area contributed by atoms with Gasteiger partial charge in [-0.2, -0.15) is 17.5 Å². The lowest BCUT2D eigenvalue weighted by Crippen LogP contribution is -2.45. The van der Waals surface area contributed by atoms with Crippen molar-refractivity contribution in [3.05, 3.63) is 0 Å². The number of alkyl halides is 3. The van der Waals surface area contributed by atoms with E-state index in [1.165, 1.54) is 11.4 Å². The molecule has 0 aromatic rings. The molecule has 0 aliphatic carbocycles. The second-order valence-corrected chi connectivity index (χ2v) is 6.71. The molecular formula is C11H22F3IN4O3S. The van der Waals surface area contributed by atoms with Gasteiger partial charge >= 0.3 is 6.18 Å². The summed E-state index contributed by atoms with van der Waals surface area (Å²) < 4.78 is 66.6. The zero-order valence-corrected chi connectivity index (χ0v) is 15.9. The van der Waals surface area contributed by atoms with E-state index in [0.717, 1.165) is 0 Å². The number of rotatable bonds is 6. The quantitative estimate of drug-likeness (QED) is 0.331. The van der Waals surface area contributed by atoms with E-state index in [-0.39, 0.29) is 48.8 Å². The van der Waals surface area contributed by atoms with Crippen LogP contribution in [0.2, 0.25) is 0 Å². The first-order valence-corrected chi connectivity index (χ1v) is 8.42. The molecule has 12 heteroatoms. The number of nitrogens with zero attached hydrogens (tertiary/aromatic N) is 2. The number of nitrogens with one attached hydrogen (secondary N) is 2. The zero-order valence-electron chi connectivity index (χ0n) is 12.7. The molecule has 0 radical (unpaired) electrons. The number of guanidine groups is 1. The molecular weight excluding hydrogens is 452 g/mol. The lowest BCUT2D eigenvalue weighted by atomic mass is 10.4. The van der Waals surface area contributed by atoms with Crippen LogP contribution in [0.5, 0.6) is 0 Å². The fourth-order valence-electron chi connectivity index (χ4n) is 1.80. The summed E-state index contributed by atoms with van der Waals surface area (Å²) in [5.74, 6) is -0.0195. The van der Waals surface area contributed by atoms with Crippen molar-refractivity contribution in [3.63, 3.8) is 0 Å². The van der Waals surface area contributed by atoms with Gasteiger partial charge in [-0.3, -0.25) is 4.99 Å². The summed E-state index contributed by atoms with van der Waals surface area (Å²) in [4.78, 5) is 3.74. The Morgan fingerprint density at radius 1 is 1.22 bits per heavy atom. The van der Waals surface area contributed by atoms with E-state index < -0.39 is 22.6 Å². The number of morpholine rings is 1. The first-order chi connectivity index (χ1) is 10.2. The minimum atomic E-state index is -4.24. The third-order valence-electron chi connectivity index (χ3n) is 2.94. The number of ether oxygens (including phenoxy) is 1. The highest BCUT2D eigenvalue weighted by Gasteiger charge is 2.26. The standard InChI is InChI=1S/C11H21F3N4O3S.HI/c1-15-10(16-3-2-11(12,13)14)17-4-9-22(19,20)18-5-7-21-8-6-18;/h2-9H2,1H3,(H2,15,16,17);1H. The summed E-state index contributed by atoms with van der Waals surface area (Å²) in [6.07, 6.45) is -5.23. The average molecular weight is 474 g/mol. The number of halogens is 4. The molecule has 7 nitrogen and oxygen atoms in total. The highest BCUT2D eigenvalue weighted by Crippen LogP contribution is 2.17. The molecule has 0 unspecified atom stereocenters. The SMILES string of the molecule is CN=C(NCCC(F)(F)F)NCCS(=O)(=O)N1CCOCC1.I. The van der Waals surface area contributed by atoms with Crippen molar-refractivity contribution in [1.29, 1.82) is 0 Å². The lowest BCUT2D eigenvalue weighted by molar-refractivity contribution is -0.132. The van der Waals surface area contributed by atoms with Gasteiger partial charge in [0.2, 0.25) is 10.0 Å². The Hall–Kier alpha value is -0.340. The van der Waals surface area contributed by atoms with E-state index in [1.54, 1.807) is 0 Å². The van der Waals surface area contributed by atoms with Crippen LogP contribution in [0.4, 0.5) is 13.2 Å². The monoisotopic (exact) mass is 474 g/mol. The van der Waals surface area contributed by atoms with E-state index >= 15 is 0 Å². The maximum atomic E-state index is 12.0. The fourth-order valence-corrected chi connectivity index (χ4v) is 3.12. The summed E-state index contributed by atoms with van der Waals surface area (Å²) in [6.45, 7) is 1.12. The Morgan fingerprint density at radius 2 is 1.78 bits per heavy atom. The molecule has 0 aromatic carbocycles. The molecule has 1 saturated heterocycles. The van der Waals surface area contributed by atoms with Gasteiger partial charge in [-0.1, -0.05) is 0 Å². The van der Waals surface area contributed by atoms with Crippen LogP contribution in [0.1, 0.15) is 6.42 Å². The molecule has 0 amide bonds. The molecule has 0 spiro atoms. The third-order valence-corrected chi connectivity index (χ3v) is 4.81. The highest BCUT2D eigenvalue weighted by molar-refractivity contribution is 14.0. The molecule has 23 heavy (non-hydrogen) atoms. The van der Waals surface area contributed by atoms with Gasteiger partial charge < -0.3 is 15.4 Å². The van der Waals surface area contributed by atoms with Crippen molar-refractivity contribution >= 4 is 40.0 Å². The van der Waals surface area contributed by atoms with Crippen LogP contribution in [-0.2, 0) is 14.8 Å². The average Bonchev–Trinajstić information content (AvgIpc) is 2.45. The second kappa shape index (κ2) is 10.5. The topological polar surface area (TPSA) is 83.0 Å². The van der Waals surface area contributed by atoms with Gasteiger partial charge in [0.05, 0.1) is 25.4 Å². The maximum Gasteiger partial charge on any atom is 0.390 e. The summed E-state index contributed by atoms with van der Waals surface area (Å²) >= 11 is 0. The molecule has 0 atom stereocenters. The van der Waals surface area contributed by atoms with Crippen molar-refractivity contribution in [3.8, 4) is 0 Å². The van der Waals surface area contributed by atoms with Crippen LogP contribution < -0.4 is 10.6 Å². The predicted molar refractivity (Wildman–Crippen MR) is 91.6 cm³/mol. The van der Waals surface area contributed by atoms with E-state index in [0.29, 0.717) is 26.3 Å². The summed E-state index contributed by atoms with van der Waals surface area (Å²) in [5, 5.41) is 5.17. The Bertz CT molecular complexity index is 468. The molecule has 0 saturated carbocycles. The smallest absolute Gasteiger partial charge is 0.379 e. The molecule has 1 heterocycles. The van der Waals surface area contributed by atoms with Gasteiger partial charge in [-0.05, 0) is 0 Å². The summed E-state index contributed by atoms with van der Waals surface area (Å²) in [7, 11) is -2.00. The van der Waals surface area contributed by atoms with Crippen molar-refractivity contribution in [2.45, 2.75) is 12.6 Å². The largest absolute Gasteiger partial charge is 0.390 e. The van der Waals surface area contributed by atoms with Gasteiger partial charge in [-0.25, -0.2) is 8.42 Å². The van der Waals surface area contributed by atoms with Gasteiger partial charge in [-0.15, -0.1) is 24.0 Å². The van der Waals surface area contributed by atoms with Gasteiger partial charge in [0.15, 0.2) is 5.96 Å². The molecule has 1 rings (SSSR count). The molecule has 0 aromatic heterocycles. The Balaban J connectivity index is 0.00000484. The van der Waals surface area contributed by atoms with Crippen molar-refractivity contribution in [1.82, 2.24) is 14.9 Å². The number of aliphatic imine (C=N–C) groups is 1. The highest BCUT2D eigenvalue weighted by atomic mass is 127. The molecule has 1 aliphatic heterocycles. The van der Waals surface area contributed by atoms with Crippen LogP contribution in [-0.4, -0.2) is 77.1 Å². The first-order valence-electron chi connectivity index (χ1n) is 6.81. The number of hydrogen-bond acceptors (Lipinski definition) is 4. The molecule has 1 aliphatic rings. The maximum absolute atomic E-state index is 12.0. The van der Waals surface area contributed by atoms with Gasteiger partial charge in [0.1, 0.15) is 0 Å². The van der Waals surface area contributed by atoms with Crippen molar-refractivity contribution in [2.75, 3.05) is 52.2 Å². The lowest BCUT2D eigenvalue weighted by Gasteiger charge is -2.26. The molecule has 138 valence electrons. The van der Waals surface area contributed by atoms with Gasteiger partial charge in [0.25, 0.3) is 0 Å². The number of sulfonamides is 1. The molecule has 1 fully saturated rings. The van der Waals surface area contributed by atoms with E-state index in [2.05, 4.69) is 15.6 Å². The first kappa shape index (κ1) is 22.7. The van der Waals surface area contributed by atoms with E-state index in [1.807, 2.05) is 0 Å². The fraction of sp³-hybridized carbons (Fsp3) is 0.909. The molecule has 2 N–H and O–H groups in total. The predicted octanol–water partition coefficient (Wildman–Crippen LogP) is 0.384. The second-order valence-electron chi connectivity index (χ2n) is 4.62. The van der Waals surface area contributed by atoms with Gasteiger partial charge in [0, 0.05) is 33.2 Å². The van der Waals surface area contributed by atoms with Crippen LogP contribution in [0.25, 0.3) is 0 Å². The van der Waals surface area contributed by atoms with Crippen LogP contribution >= 0.6 is 24.0 Å². The molecule has 0 bridgehead atoms. The zero-order chi connectivity index (χ0) is 16.6. The Labute approximate surface area is 151 Å². The van der Waals surface area contributed by atoms with E-state index in [4.69, 9.17) is 4.74 Å². The Morgan fingerprint density at radius 3 is 2.30 bits per heavy atom. The van der Waals surface area contributed by atoms with Crippen LogP contribution in [0.15, 0.2) is 4.99 Å². The van der Waals surface area contributed by atoms with Crippen molar-refractivity contribution in [2.24, 2.45) is 4.99 Å². The minimum absolute atomic E-state index is 0. The summed E-state index contributed by atoms with van der Waals surface area (Å²) in [5.41, 5.74) is 0. The normalized spacial score (nSPS) is 17.5. The summed E-state index contributed by atoms with van der Waals surface area (Å²) in [6, 6.07) is 0. The van der Waals surface area contributed by atoms with Crippen LogP contribution in [0.3, 0.4) is 0 Å². The number of hydrogen-bond donors (Lipinski definition) is 2. The minimum Gasteiger partial charge on any atom is -0.379 e. The van der Waals surface area contributed by atoms with Crippen molar-refractivity contribution < 1.29 is 26.3 Å².